The van der Waals surface area contributed by atoms with E-state index in [1.165, 1.54) is 0 Å². The van der Waals surface area contributed by atoms with Crippen LogP contribution in [0.5, 0.6) is 0 Å². The first-order valence-corrected chi connectivity index (χ1v) is 6.88. The Balaban J connectivity index is 2.52. The Morgan fingerprint density at radius 2 is 1.80 bits per heavy atom. The van der Waals surface area contributed by atoms with Crippen molar-refractivity contribution >= 4 is 17.5 Å². The van der Waals surface area contributed by atoms with E-state index >= 15 is 0 Å². The quantitative estimate of drug-likeness (QED) is 0.706. The highest BCUT2D eigenvalue weighted by atomic mass is 16.3. The number of hydrogen-bond donors (Lipinski definition) is 3. The highest BCUT2D eigenvalue weighted by Gasteiger charge is 2.09. The minimum atomic E-state index is -0.189. The Hall–Kier alpha value is -1.88. The van der Waals surface area contributed by atoms with Crippen LogP contribution >= 0.6 is 0 Å². The summed E-state index contributed by atoms with van der Waals surface area (Å²) in [6.45, 7) is 3.65. The van der Waals surface area contributed by atoms with Gasteiger partial charge in [0, 0.05) is 12.1 Å². The summed E-state index contributed by atoms with van der Waals surface area (Å²) in [5.41, 5.74) is 1.59. The molecule has 110 valence electrons. The van der Waals surface area contributed by atoms with Gasteiger partial charge in [0.25, 0.3) is 0 Å². The Labute approximate surface area is 119 Å². The molecule has 0 saturated carbocycles. The lowest BCUT2D eigenvalue weighted by Gasteiger charge is -2.14. The number of hydrogen-bond acceptors (Lipinski definition) is 3. The third kappa shape index (κ3) is 5.40. The van der Waals surface area contributed by atoms with Crippen molar-refractivity contribution in [2.45, 2.75) is 39.2 Å². The van der Waals surface area contributed by atoms with Gasteiger partial charge in [-0.3, -0.25) is 9.59 Å². The second kappa shape index (κ2) is 8.32. The molecule has 0 aliphatic carbocycles. The van der Waals surface area contributed by atoms with Gasteiger partial charge in [-0.15, -0.1) is 0 Å². The van der Waals surface area contributed by atoms with Crippen molar-refractivity contribution in [3.63, 3.8) is 0 Å². The van der Waals surface area contributed by atoms with Gasteiger partial charge in [0.2, 0.25) is 11.8 Å². The van der Waals surface area contributed by atoms with Crippen LogP contribution in [0.25, 0.3) is 0 Å². The average Bonchev–Trinajstić information content (AvgIpc) is 2.46. The van der Waals surface area contributed by atoms with Gasteiger partial charge in [0.15, 0.2) is 0 Å². The summed E-state index contributed by atoms with van der Waals surface area (Å²) in [6.07, 6.45) is 1.40. The lowest BCUT2D eigenvalue weighted by Crippen LogP contribution is -2.37. The van der Waals surface area contributed by atoms with E-state index in [0.29, 0.717) is 12.8 Å². The van der Waals surface area contributed by atoms with Crippen molar-refractivity contribution in [3.05, 3.63) is 29.8 Å². The van der Waals surface area contributed by atoms with Gasteiger partial charge in [-0.25, -0.2) is 0 Å². The van der Waals surface area contributed by atoms with Crippen molar-refractivity contribution < 1.29 is 14.7 Å². The van der Waals surface area contributed by atoms with E-state index in [9.17, 15) is 9.59 Å². The maximum Gasteiger partial charge on any atom is 0.224 e. The minimum Gasteiger partial charge on any atom is -0.394 e. The van der Waals surface area contributed by atoms with Crippen LogP contribution in [-0.4, -0.2) is 29.6 Å². The lowest BCUT2D eigenvalue weighted by molar-refractivity contribution is -0.121. The number of anilines is 1. The molecule has 1 rings (SSSR count). The summed E-state index contributed by atoms with van der Waals surface area (Å²) < 4.78 is 0. The highest BCUT2D eigenvalue weighted by molar-refractivity contribution is 5.90. The van der Waals surface area contributed by atoms with Gasteiger partial charge >= 0.3 is 0 Å². The molecule has 0 spiro atoms. The van der Waals surface area contributed by atoms with E-state index in [4.69, 9.17) is 5.11 Å². The predicted octanol–water partition coefficient (Wildman–Crippen LogP) is 1.46. The SMILES string of the molecule is CCC(=O)Nc1ccc(CC(=O)NC(CC)CO)cc1. The molecule has 0 aromatic heterocycles. The van der Waals surface area contributed by atoms with E-state index < -0.39 is 0 Å². The summed E-state index contributed by atoms with van der Waals surface area (Å²) in [7, 11) is 0. The zero-order valence-electron chi connectivity index (χ0n) is 12.0. The number of benzene rings is 1. The number of carbonyl (C=O) groups excluding carboxylic acids is 2. The topological polar surface area (TPSA) is 78.4 Å². The van der Waals surface area contributed by atoms with Crippen LogP contribution in [0.2, 0.25) is 0 Å². The molecular formula is C15H22N2O3. The second-order valence-electron chi connectivity index (χ2n) is 4.63. The van der Waals surface area contributed by atoms with Crippen LogP contribution in [-0.2, 0) is 16.0 Å². The van der Waals surface area contributed by atoms with E-state index in [1.54, 1.807) is 19.1 Å². The molecule has 1 aromatic carbocycles. The zero-order valence-corrected chi connectivity index (χ0v) is 12.0. The van der Waals surface area contributed by atoms with E-state index in [0.717, 1.165) is 11.3 Å². The maximum absolute atomic E-state index is 11.8. The second-order valence-corrected chi connectivity index (χ2v) is 4.63. The molecule has 1 unspecified atom stereocenters. The third-order valence-corrected chi connectivity index (χ3v) is 3.00. The van der Waals surface area contributed by atoms with Crippen LogP contribution in [0.15, 0.2) is 24.3 Å². The van der Waals surface area contributed by atoms with Gasteiger partial charge in [-0.05, 0) is 24.1 Å². The number of nitrogens with one attached hydrogen (secondary N) is 2. The molecular weight excluding hydrogens is 256 g/mol. The van der Waals surface area contributed by atoms with Crippen LogP contribution in [0.3, 0.4) is 0 Å². The molecule has 5 heteroatoms. The van der Waals surface area contributed by atoms with Crippen molar-refractivity contribution in [2.75, 3.05) is 11.9 Å². The molecule has 0 heterocycles. The number of rotatable bonds is 7. The minimum absolute atomic E-state index is 0.0378. The van der Waals surface area contributed by atoms with E-state index in [1.807, 2.05) is 19.1 Å². The first-order chi connectivity index (χ1) is 9.58. The fourth-order valence-electron chi connectivity index (χ4n) is 1.70. The highest BCUT2D eigenvalue weighted by Crippen LogP contribution is 2.10. The number of amides is 2. The molecule has 0 radical (unpaired) electrons. The smallest absolute Gasteiger partial charge is 0.224 e. The first-order valence-electron chi connectivity index (χ1n) is 6.88. The Morgan fingerprint density at radius 1 is 1.15 bits per heavy atom. The summed E-state index contributed by atoms with van der Waals surface area (Å²) in [6, 6.07) is 6.99. The molecule has 0 aliphatic heterocycles. The molecule has 0 saturated heterocycles. The molecule has 5 nitrogen and oxygen atoms in total. The van der Waals surface area contributed by atoms with Crippen LogP contribution in [0.4, 0.5) is 5.69 Å². The molecule has 20 heavy (non-hydrogen) atoms. The Morgan fingerprint density at radius 3 is 2.30 bits per heavy atom. The average molecular weight is 278 g/mol. The largest absolute Gasteiger partial charge is 0.394 e. The molecule has 0 bridgehead atoms. The first kappa shape index (κ1) is 16.2. The van der Waals surface area contributed by atoms with E-state index in [-0.39, 0.29) is 30.9 Å². The Kier molecular flexibility index (Phi) is 6.73. The number of aliphatic hydroxyl groups excluding tert-OH is 1. The number of aliphatic hydroxyl groups is 1. The van der Waals surface area contributed by atoms with Gasteiger partial charge in [-0.2, -0.15) is 0 Å². The molecule has 0 fully saturated rings. The van der Waals surface area contributed by atoms with Crippen LogP contribution in [0, 0.1) is 0 Å². The summed E-state index contributed by atoms with van der Waals surface area (Å²) >= 11 is 0. The van der Waals surface area contributed by atoms with Gasteiger partial charge in [0.05, 0.1) is 19.1 Å². The predicted molar refractivity (Wildman–Crippen MR) is 78.4 cm³/mol. The molecule has 2 amide bonds. The van der Waals surface area contributed by atoms with Crippen molar-refractivity contribution in [2.24, 2.45) is 0 Å². The Bertz CT molecular complexity index is 439. The van der Waals surface area contributed by atoms with E-state index in [2.05, 4.69) is 10.6 Å². The fraction of sp³-hybridized carbons (Fsp3) is 0.467. The fourth-order valence-corrected chi connectivity index (χ4v) is 1.70. The van der Waals surface area contributed by atoms with Crippen LogP contribution in [0.1, 0.15) is 32.3 Å². The van der Waals surface area contributed by atoms with Gasteiger partial charge in [0.1, 0.15) is 0 Å². The molecule has 3 N–H and O–H groups in total. The van der Waals surface area contributed by atoms with Gasteiger partial charge in [-0.1, -0.05) is 26.0 Å². The lowest BCUT2D eigenvalue weighted by atomic mass is 10.1. The maximum atomic E-state index is 11.8. The standard InChI is InChI=1S/C15H22N2O3/c1-3-12(10-18)16-15(20)9-11-5-7-13(8-6-11)17-14(19)4-2/h5-8,12,18H,3-4,9-10H2,1-2H3,(H,16,20)(H,17,19). The monoisotopic (exact) mass is 278 g/mol. The van der Waals surface area contributed by atoms with Crippen molar-refractivity contribution in [3.8, 4) is 0 Å². The van der Waals surface area contributed by atoms with Crippen LogP contribution < -0.4 is 10.6 Å². The van der Waals surface area contributed by atoms with Crippen molar-refractivity contribution in [1.82, 2.24) is 5.32 Å². The van der Waals surface area contributed by atoms with Crippen molar-refractivity contribution in [1.29, 1.82) is 0 Å². The summed E-state index contributed by atoms with van der Waals surface area (Å²) in [5, 5.41) is 14.5. The molecule has 1 aromatic rings. The zero-order chi connectivity index (χ0) is 15.0. The molecule has 1 atom stereocenters. The number of carbonyl (C=O) groups is 2. The third-order valence-electron chi connectivity index (χ3n) is 3.00. The summed E-state index contributed by atoms with van der Waals surface area (Å²) in [4.78, 5) is 23.0. The normalized spacial score (nSPS) is 11.8. The molecule has 0 aliphatic rings. The summed E-state index contributed by atoms with van der Waals surface area (Å²) in [5.74, 6) is -0.152. The van der Waals surface area contributed by atoms with Gasteiger partial charge < -0.3 is 15.7 Å².